The molecule has 0 spiro atoms. The Morgan fingerprint density at radius 2 is 1.55 bits per heavy atom. The summed E-state index contributed by atoms with van der Waals surface area (Å²) in [5, 5.41) is 1.74. The standard InChI is InChI=1S/C26H35Si.3ClH.Ti/c1-7-11-25(12-9-8-10-13-25)18-26(17-21(4)22(5)23(26)6)27-24-15-19(2)14-20(3)16-24;;;;/h8-10,12,14-16H,7,11,13,18,27H2,1-6H3;3*1H;/q-1;;;;+4/p-3. The molecule has 0 N–H and O–H groups in total. The van der Waals surface area contributed by atoms with Crippen molar-refractivity contribution in [2.24, 2.45) is 5.41 Å². The van der Waals surface area contributed by atoms with Crippen molar-refractivity contribution in [1.82, 2.24) is 0 Å². The van der Waals surface area contributed by atoms with Crippen LogP contribution >= 0.6 is 0 Å². The molecular formula is C26H35Cl3SiTi. The summed E-state index contributed by atoms with van der Waals surface area (Å²) in [7, 11) is -0.542. The SMILES string of the molecule is CCCC1(CC2([SiH2]c3cc(C)cc(C)c3)[C-]=C(C)C(C)=C2C)C=CC=CC1.[Cl-].[Cl-].[Cl-].[Ti+4]. The predicted octanol–water partition coefficient (Wildman–Crippen LogP) is -2.94. The molecule has 1 aromatic carbocycles. The first-order chi connectivity index (χ1) is 12.8. The minimum atomic E-state index is -0.542. The van der Waals surface area contributed by atoms with Crippen LogP contribution in [0.3, 0.4) is 0 Å². The van der Waals surface area contributed by atoms with Gasteiger partial charge in [-0.15, -0.1) is 6.92 Å². The number of rotatable bonds is 6. The zero-order valence-corrected chi connectivity index (χ0v) is 25.0. The van der Waals surface area contributed by atoms with Crippen molar-refractivity contribution in [2.45, 2.75) is 72.3 Å². The van der Waals surface area contributed by atoms with Crippen LogP contribution in [0.1, 0.15) is 64.5 Å². The van der Waals surface area contributed by atoms with E-state index in [1.807, 2.05) is 0 Å². The molecule has 0 amide bonds. The minimum absolute atomic E-state index is 0. The minimum Gasteiger partial charge on any atom is -1.00 e. The van der Waals surface area contributed by atoms with Gasteiger partial charge in [0.05, 0.1) is 0 Å². The summed E-state index contributed by atoms with van der Waals surface area (Å²) >= 11 is 0. The van der Waals surface area contributed by atoms with Gasteiger partial charge in [-0.25, -0.2) is 5.57 Å². The van der Waals surface area contributed by atoms with Crippen LogP contribution in [0.2, 0.25) is 5.04 Å². The molecule has 0 bridgehead atoms. The fourth-order valence-electron chi connectivity index (χ4n) is 5.33. The van der Waals surface area contributed by atoms with Crippen LogP contribution < -0.4 is 42.4 Å². The second-order valence-electron chi connectivity index (χ2n) is 9.04. The van der Waals surface area contributed by atoms with Crippen LogP contribution in [-0.2, 0) is 21.7 Å². The maximum atomic E-state index is 4.03. The monoisotopic (exact) mass is 528 g/mol. The summed E-state index contributed by atoms with van der Waals surface area (Å²) in [6, 6.07) is 7.16. The second-order valence-corrected chi connectivity index (χ2v) is 11.4. The second kappa shape index (κ2) is 13.6. The van der Waals surface area contributed by atoms with E-state index in [2.05, 4.69) is 90.1 Å². The summed E-state index contributed by atoms with van der Waals surface area (Å²) in [4.78, 5) is 0. The normalized spacial score (nSPS) is 24.3. The Morgan fingerprint density at radius 1 is 0.935 bits per heavy atom. The van der Waals surface area contributed by atoms with E-state index in [-0.39, 0.29) is 69.4 Å². The molecule has 0 nitrogen and oxygen atoms in total. The van der Waals surface area contributed by atoms with Crippen molar-refractivity contribution < 1.29 is 58.9 Å². The van der Waals surface area contributed by atoms with Crippen LogP contribution in [0.4, 0.5) is 0 Å². The zero-order valence-electron chi connectivity index (χ0n) is 19.7. The Balaban J connectivity index is 0. The quantitative estimate of drug-likeness (QED) is 0.273. The largest absolute Gasteiger partial charge is 4.00 e. The van der Waals surface area contributed by atoms with Crippen molar-refractivity contribution >= 4 is 14.7 Å². The van der Waals surface area contributed by atoms with Gasteiger partial charge in [0.2, 0.25) is 0 Å². The Kier molecular flexibility index (Phi) is 14.6. The molecule has 3 rings (SSSR count). The number of aryl methyl sites for hydroxylation is 2. The van der Waals surface area contributed by atoms with Gasteiger partial charge >= 0.3 is 21.7 Å². The molecule has 0 heterocycles. The van der Waals surface area contributed by atoms with E-state index in [0.717, 1.165) is 0 Å². The first kappa shape index (κ1) is 33.2. The molecule has 5 heteroatoms. The molecule has 0 fully saturated rings. The van der Waals surface area contributed by atoms with E-state index in [1.165, 1.54) is 48.0 Å². The molecule has 2 aliphatic carbocycles. The first-order valence-corrected chi connectivity index (χ1v) is 11.9. The number of hydrogen-bond donors (Lipinski definition) is 0. The average Bonchev–Trinajstić information content (AvgIpc) is 2.78. The molecule has 168 valence electrons. The Labute approximate surface area is 226 Å². The van der Waals surface area contributed by atoms with E-state index in [4.69, 9.17) is 0 Å². The van der Waals surface area contributed by atoms with Gasteiger partial charge in [-0.2, -0.15) is 11.1 Å². The van der Waals surface area contributed by atoms with Crippen molar-refractivity contribution in [3.05, 3.63) is 76.4 Å². The van der Waals surface area contributed by atoms with Crippen LogP contribution in [0.5, 0.6) is 0 Å². The van der Waals surface area contributed by atoms with E-state index in [0.29, 0.717) is 0 Å². The summed E-state index contributed by atoms with van der Waals surface area (Å²) in [5.74, 6) is 0. The van der Waals surface area contributed by atoms with Gasteiger partial charge in [-0.05, 0) is 32.1 Å². The third-order valence-corrected chi connectivity index (χ3v) is 9.06. The van der Waals surface area contributed by atoms with Crippen molar-refractivity contribution in [1.29, 1.82) is 0 Å². The fraction of sp³-hybridized carbons (Fsp3) is 0.462. The van der Waals surface area contributed by atoms with E-state index < -0.39 is 9.52 Å². The van der Waals surface area contributed by atoms with Gasteiger partial charge in [0.25, 0.3) is 0 Å². The number of halogens is 3. The number of allylic oxidation sites excluding steroid dienone is 8. The van der Waals surface area contributed by atoms with Gasteiger partial charge in [0.1, 0.15) is 0 Å². The number of benzene rings is 1. The van der Waals surface area contributed by atoms with Gasteiger partial charge in [-0.3, -0.25) is 6.08 Å². The summed E-state index contributed by atoms with van der Waals surface area (Å²) in [6.07, 6.45) is 18.3. The molecule has 2 aliphatic rings. The smallest absolute Gasteiger partial charge is 1.00 e. The third kappa shape index (κ3) is 7.49. The van der Waals surface area contributed by atoms with Gasteiger partial charge < -0.3 is 37.2 Å². The topological polar surface area (TPSA) is 0 Å². The molecule has 0 saturated heterocycles. The maximum Gasteiger partial charge on any atom is 4.00 e. The van der Waals surface area contributed by atoms with E-state index >= 15 is 0 Å². The van der Waals surface area contributed by atoms with Gasteiger partial charge in [-0.1, -0.05) is 97.5 Å². The summed E-state index contributed by atoms with van der Waals surface area (Å²) < 4.78 is 0. The molecule has 2 unspecified atom stereocenters. The van der Waals surface area contributed by atoms with Crippen LogP contribution in [-0.4, -0.2) is 9.52 Å². The molecule has 0 radical (unpaired) electrons. The molecule has 1 aromatic rings. The molecular weight excluding hydrogens is 495 g/mol. The van der Waals surface area contributed by atoms with Gasteiger partial charge in [0, 0.05) is 9.52 Å². The zero-order chi connectivity index (χ0) is 19.7. The van der Waals surface area contributed by atoms with Crippen LogP contribution in [0.25, 0.3) is 0 Å². The van der Waals surface area contributed by atoms with Crippen LogP contribution in [0.15, 0.2) is 59.2 Å². The molecule has 0 aromatic heterocycles. The van der Waals surface area contributed by atoms with Crippen LogP contribution in [0, 0.1) is 25.3 Å². The van der Waals surface area contributed by atoms with E-state index in [1.54, 1.807) is 10.8 Å². The predicted molar refractivity (Wildman–Crippen MR) is 122 cm³/mol. The van der Waals surface area contributed by atoms with Crippen molar-refractivity contribution in [3.8, 4) is 0 Å². The Bertz CT molecular complexity index is 836. The maximum absolute atomic E-state index is 4.03. The average molecular weight is 530 g/mol. The molecule has 31 heavy (non-hydrogen) atoms. The van der Waals surface area contributed by atoms with Crippen molar-refractivity contribution in [2.75, 3.05) is 0 Å². The number of hydrogen-bond acceptors (Lipinski definition) is 0. The summed E-state index contributed by atoms with van der Waals surface area (Å²) in [5.41, 5.74) is 7.53. The van der Waals surface area contributed by atoms with Gasteiger partial charge in [0.15, 0.2) is 0 Å². The Morgan fingerprint density at radius 3 is 2.00 bits per heavy atom. The summed E-state index contributed by atoms with van der Waals surface area (Å²) in [6.45, 7) is 13.8. The fourth-order valence-corrected chi connectivity index (χ4v) is 8.39. The first-order valence-electron chi connectivity index (χ1n) is 10.5. The Hall–Kier alpha value is -0.0188. The molecule has 2 atom stereocenters. The molecule has 0 aliphatic heterocycles. The van der Waals surface area contributed by atoms with E-state index in [9.17, 15) is 0 Å². The van der Waals surface area contributed by atoms with Crippen molar-refractivity contribution in [3.63, 3.8) is 0 Å². The third-order valence-electron chi connectivity index (χ3n) is 6.68. The molecule has 0 saturated carbocycles.